The summed E-state index contributed by atoms with van der Waals surface area (Å²) in [5.41, 5.74) is 1.85. The number of likely N-dealkylation sites (N-methyl/N-ethyl adjacent to an activating group) is 1. The maximum absolute atomic E-state index is 12.5. The summed E-state index contributed by atoms with van der Waals surface area (Å²) in [4.78, 5) is 18.0. The SMILES string of the molecule is CN(C(=O)C=Cc1ccc(O)c(O)c1)c1ccc(S(=O)(=O)NCCc2ccccn2)cc1. The van der Waals surface area contributed by atoms with Crippen LogP contribution in [0.15, 0.2) is 77.8 Å². The fourth-order valence-corrected chi connectivity index (χ4v) is 3.87. The number of amides is 1. The van der Waals surface area contributed by atoms with Crippen LogP contribution >= 0.6 is 0 Å². The van der Waals surface area contributed by atoms with Gasteiger partial charge in [0.05, 0.1) is 4.90 Å². The van der Waals surface area contributed by atoms with Gasteiger partial charge in [-0.1, -0.05) is 12.1 Å². The number of nitrogens with one attached hydrogen (secondary N) is 1. The number of nitrogens with zero attached hydrogens (tertiary/aromatic N) is 2. The molecule has 3 N–H and O–H groups in total. The molecule has 1 heterocycles. The van der Waals surface area contributed by atoms with Gasteiger partial charge in [-0.05, 0) is 60.2 Å². The molecule has 3 aromatic rings. The Hall–Kier alpha value is -3.69. The van der Waals surface area contributed by atoms with Crippen molar-refractivity contribution in [2.24, 2.45) is 0 Å². The van der Waals surface area contributed by atoms with Crippen molar-refractivity contribution in [3.63, 3.8) is 0 Å². The highest BCUT2D eigenvalue weighted by Crippen LogP contribution is 2.25. The average molecular weight is 454 g/mol. The normalized spacial score (nSPS) is 11.5. The van der Waals surface area contributed by atoms with Crippen molar-refractivity contribution in [2.75, 3.05) is 18.5 Å². The van der Waals surface area contributed by atoms with Crippen molar-refractivity contribution in [2.45, 2.75) is 11.3 Å². The molecule has 0 aliphatic heterocycles. The zero-order valence-electron chi connectivity index (χ0n) is 17.3. The Bertz CT molecular complexity index is 1210. The molecule has 0 fully saturated rings. The molecule has 0 atom stereocenters. The quantitative estimate of drug-likeness (QED) is 0.356. The monoisotopic (exact) mass is 453 g/mol. The molecular weight excluding hydrogens is 430 g/mol. The van der Waals surface area contributed by atoms with Crippen LogP contribution in [0.4, 0.5) is 5.69 Å². The first-order valence-electron chi connectivity index (χ1n) is 9.74. The van der Waals surface area contributed by atoms with Gasteiger partial charge in [-0.3, -0.25) is 9.78 Å². The summed E-state index contributed by atoms with van der Waals surface area (Å²) in [6.07, 6.45) is 4.95. The lowest BCUT2D eigenvalue weighted by molar-refractivity contribution is -0.113. The topological polar surface area (TPSA) is 120 Å². The number of phenolic OH excluding ortho intramolecular Hbond substituents is 2. The molecule has 0 unspecified atom stereocenters. The van der Waals surface area contributed by atoms with Gasteiger partial charge in [0.25, 0.3) is 5.91 Å². The van der Waals surface area contributed by atoms with Gasteiger partial charge in [-0.25, -0.2) is 13.1 Å². The number of benzene rings is 2. The summed E-state index contributed by atoms with van der Waals surface area (Å²) in [5, 5.41) is 18.9. The Morgan fingerprint density at radius 2 is 1.81 bits per heavy atom. The maximum Gasteiger partial charge on any atom is 0.250 e. The summed E-state index contributed by atoms with van der Waals surface area (Å²) in [7, 11) is -2.12. The lowest BCUT2D eigenvalue weighted by atomic mass is 10.2. The molecule has 0 aliphatic carbocycles. The number of hydrogen-bond acceptors (Lipinski definition) is 6. The highest BCUT2D eigenvalue weighted by molar-refractivity contribution is 7.89. The predicted octanol–water partition coefficient (Wildman–Crippen LogP) is 2.69. The fraction of sp³-hybridized carbons (Fsp3) is 0.130. The first-order valence-corrected chi connectivity index (χ1v) is 11.2. The third kappa shape index (κ3) is 5.93. The van der Waals surface area contributed by atoms with Crippen molar-refractivity contribution in [1.29, 1.82) is 0 Å². The van der Waals surface area contributed by atoms with Gasteiger partial charge in [0.15, 0.2) is 11.5 Å². The molecule has 0 saturated heterocycles. The van der Waals surface area contributed by atoms with Crippen LogP contribution in [0, 0.1) is 0 Å². The Labute approximate surface area is 186 Å². The van der Waals surface area contributed by atoms with Crippen LogP contribution in [0.5, 0.6) is 11.5 Å². The van der Waals surface area contributed by atoms with Crippen molar-refractivity contribution < 1.29 is 23.4 Å². The van der Waals surface area contributed by atoms with Crippen LogP contribution < -0.4 is 9.62 Å². The predicted molar refractivity (Wildman–Crippen MR) is 122 cm³/mol. The number of carbonyl (C=O) groups excluding carboxylic acids is 1. The average Bonchev–Trinajstić information content (AvgIpc) is 2.80. The van der Waals surface area contributed by atoms with Crippen molar-refractivity contribution >= 4 is 27.7 Å². The van der Waals surface area contributed by atoms with Gasteiger partial charge in [0.2, 0.25) is 10.0 Å². The van der Waals surface area contributed by atoms with E-state index in [0.29, 0.717) is 17.7 Å². The number of rotatable bonds is 8. The van der Waals surface area contributed by atoms with E-state index in [2.05, 4.69) is 9.71 Å². The summed E-state index contributed by atoms with van der Waals surface area (Å²) in [6, 6.07) is 15.6. The van der Waals surface area contributed by atoms with E-state index in [0.717, 1.165) is 5.69 Å². The molecule has 9 heteroatoms. The standard InChI is InChI=1S/C23H23N3O5S/c1-26(23(29)12-6-17-5-11-21(27)22(28)16-17)19-7-9-20(10-8-19)32(30,31)25-15-13-18-4-2-3-14-24-18/h2-12,14,16,25,27-28H,13,15H2,1H3. The van der Waals surface area contributed by atoms with E-state index in [-0.39, 0.29) is 28.8 Å². The number of anilines is 1. The van der Waals surface area contributed by atoms with Crippen LogP contribution in [-0.2, 0) is 21.2 Å². The Kier molecular flexibility index (Phi) is 7.24. The Morgan fingerprint density at radius 1 is 1.06 bits per heavy atom. The van der Waals surface area contributed by atoms with Crippen LogP contribution in [0.2, 0.25) is 0 Å². The summed E-state index contributed by atoms with van der Waals surface area (Å²) in [5.74, 6) is -0.869. The number of phenols is 2. The van der Waals surface area contributed by atoms with Gasteiger partial charge < -0.3 is 15.1 Å². The third-order valence-electron chi connectivity index (χ3n) is 4.68. The minimum Gasteiger partial charge on any atom is -0.504 e. The Morgan fingerprint density at radius 3 is 2.47 bits per heavy atom. The van der Waals surface area contributed by atoms with Crippen molar-refractivity contribution in [3.05, 3.63) is 84.2 Å². The summed E-state index contributed by atoms with van der Waals surface area (Å²) < 4.78 is 27.5. The molecule has 8 nitrogen and oxygen atoms in total. The molecule has 32 heavy (non-hydrogen) atoms. The first kappa shape index (κ1) is 23.0. The molecule has 0 bridgehead atoms. The zero-order valence-corrected chi connectivity index (χ0v) is 18.2. The van der Waals surface area contributed by atoms with Gasteiger partial charge in [-0.15, -0.1) is 0 Å². The number of hydrogen-bond donors (Lipinski definition) is 3. The van der Waals surface area contributed by atoms with Crippen molar-refractivity contribution in [1.82, 2.24) is 9.71 Å². The van der Waals surface area contributed by atoms with E-state index in [9.17, 15) is 23.4 Å². The van der Waals surface area contributed by atoms with E-state index in [1.165, 1.54) is 41.3 Å². The largest absolute Gasteiger partial charge is 0.504 e. The molecule has 1 amide bonds. The van der Waals surface area contributed by atoms with E-state index >= 15 is 0 Å². The number of aromatic nitrogens is 1. The van der Waals surface area contributed by atoms with Gasteiger partial charge >= 0.3 is 0 Å². The number of aromatic hydroxyl groups is 2. The Balaban J connectivity index is 1.61. The number of sulfonamides is 1. The maximum atomic E-state index is 12.5. The van der Waals surface area contributed by atoms with E-state index in [1.807, 2.05) is 12.1 Å². The van der Waals surface area contributed by atoms with Gasteiger partial charge in [-0.2, -0.15) is 0 Å². The van der Waals surface area contributed by atoms with Crippen LogP contribution in [-0.4, -0.2) is 43.1 Å². The molecule has 166 valence electrons. The van der Waals surface area contributed by atoms with Crippen LogP contribution in [0.3, 0.4) is 0 Å². The minimum atomic E-state index is -3.69. The lowest BCUT2D eigenvalue weighted by Gasteiger charge is -2.16. The molecule has 1 aromatic heterocycles. The molecule has 0 radical (unpaired) electrons. The lowest BCUT2D eigenvalue weighted by Crippen LogP contribution is -2.26. The van der Waals surface area contributed by atoms with E-state index in [4.69, 9.17) is 0 Å². The second-order valence-electron chi connectivity index (χ2n) is 6.94. The smallest absolute Gasteiger partial charge is 0.250 e. The highest BCUT2D eigenvalue weighted by Gasteiger charge is 2.15. The molecule has 3 rings (SSSR count). The third-order valence-corrected chi connectivity index (χ3v) is 6.16. The summed E-state index contributed by atoms with van der Waals surface area (Å²) in [6.45, 7) is 0.219. The minimum absolute atomic E-state index is 0.0956. The fourth-order valence-electron chi connectivity index (χ4n) is 2.84. The highest BCUT2D eigenvalue weighted by atomic mass is 32.2. The zero-order chi connectivity index (χ0) is 23.1. The second-order valence-corrected chi connectivity index (χ2v) is 8.71. The van der Waals surface area contributed by atoms with E-state index in [1.54, 1.807) is 37.5 Å². The van der Waals surface area contributed by atoms with Crippen LogP contribution in [0.25, 0.3) is 6.08 Å². The molecular formula is C23H23N3O5S. The summed E-state index contributed by atoms with van der Waals surface area (Å²) >= 11 is 0. The van der Waals surface area contributed by atoms with Gasteiger partial charge in [0, 0.05) is 43.7 Å². The van der Waals surface area contributed by atoms with Gasteiger partial charge in [0.1, 0.15) is 0 Å². The number of carbonyl (C=O) groups is 1. The second kappa shape index (κ2) is 10.1. The first-order chi connectivity index (χ1) is 15.3. The molecule has 0 spiro atoms. The molecule has 0 saturated carbocycles. The molecule has 2 aromatic carbocycles. The van der Waals surface area contributed by atoms with Crippen LogP contribution in [0.1, 0.15) is 11.3 Å². The van der Waals surface area contributed by atoms with Crippen molar-refractivity contribution in [3.8, 4) is 11.5 Å². The molecule has 0 aliphatic rings. The van der Waals surface area contributed by atoms with E-state index < -0.39 is 10.0 Å². The number of pyridine rings is 1.